The van der Waals surface area contributed by atoms with Gasteiger partial charge in [-0.3, -0.25) is 4.79 Å². The number of nitrogens with one attached hydrogen (secondary N) is 1. The Labute approximate surface area is 112 Å². The van der Waals surface area contributed by atoms with Gasteiger partial charge in [0.2, 0.25) is 5.78 Å². The molecule has 0 bridgehead atoms. The SMILES string of the molecule is C/C=C\C(=C/C)c1ncc(C(=O)c2ccccc2)[nH]1. The van der Waals surface area contributed by atoms with Crippen molar-refractivity contribution in [2.75, 3.05) is 0 Å². The molecule has 0 aliphatic rings. The molecule has 1 aromatic heterocycles. The molecule has 0 amide bonds. The summed E-state index contributed by atoms with van der Waals surface area (Å²) in [4.78, 5) is 19.5. The second-order valence-electron chi connectivity index (χ2n) is 4.08. The largest absolute Gasteiger partial charge is 0.335 e. The monoisotopic (exact) mass is 252 g/mol. The third-order valence-corrected chi connectivity index (χ3v) is 2.79. The van der Waals surface area contributed by atoms with Crippen LogP contribution in [0.2, 0.25) is 0 Å². The Balaban J connectivity index is 2.29. The van der Waals surface area contributed by atoms with Gasteiger partial charge >= 0.3 is 0 Å². The van der Waals surface area contributed by atoms with Gasteiger partial charge < -0.3 is 4.98 Å². The highest BCUT2D eigenvalue weighted by atomic mass is 16.1. The van der Waals surface area contributed by atoms with Crippen LogP contribution in [0.1, 0.15) is 35.7 Å². The molecule has 0 saturated heterocycles. The molecule has 2 aromatic rings. The van der Waals surface area contributed by atoms with Crippen LogP contribution in [0.25, 0.3) is 5.57 Å². The van der Waals surface area contributed by atoms with Crippen LogP contribution >= 0.6 is 0 Å². The number of rotatable bonds is 4. The molecule has 19 heavy (non-hydrogen) atoms. The zero-order chi connectivity index (χ0) is 13.7. The van der Waals surface area contributed by atoms with Crippen LogP contribution in [0, 0.1) is 0 Å². The molecule has 1 heterocycles. The molecule has 0 unspecified atom stereocenters. The van der Waals surface area contributed by atoms with Gasteiger partial charge in [0.15, 0.2) is 0 Å². The van der Waals surface area contributed by atoms with Crippen LogP contribution in [-0.2, 0) is 0 Å². The molecule has 0 spiro atoms. The van der Waals surface area contributed by atoms with E-state index in [1.54, 1.807) is 18.3 Å². The van der Waals surface area contributed by atoms with Crippen molar-refractivity contribution in [2.24, 2.45) is 0 Å². The maximum absolute atomic E-state index is 12.2. The lowest BCUT2D eigenvalue weighted by molar-refractivity contribution is 0.103. The summed E-state index contributed by atoms with van der Waals surface area (Å²) in [6, 6.07) is 9.18. The summed E-state index contributed by atoms with van der Waals surface area (Å²) in [5.41, 5.74) is 2.13. The average molecular weight is 252 g/mol. The van der Waals surface area contributed by atoms with Crippen LogP contribution in [-0.4, -0.2) is 15.8 Å². The third kappa shape index (κ3) is 2.88. The van der Waals surface area contributed by atoms with E-state index in [2.05, 4.69) is 9.97 Å². The predicted octanol–water partition coefficient (Wildman–Crippen LogP) is 3.62. The van der Waals surface area contributed by atoms with E-state index in [0.29, 0.717) is 17.1 Å². The van der Waals surface area contributed by atoms with Gasteiger partial charge in [-0.25, -0.2) is 4.98 Å². The smallest absolute Gasteiger partial charge is 0.210 e. The quantitative estimate of drug-likeness (QED) is 0.667. The fourth-order valence-corrected chi connectivity index (χ4v) is 1.82. The maximum atomic E-state index is 12.2. The number of hydrogen-bond donors (Lipinski definition) is 1. The number of hydrogen-bond acceptors (Lipinski definition) is 2. The van der Waals surface area contributed by atoms with Crippen LogP contribution in [0.5, 0.6) is 0 Å². The number of aromatic nitrogens is 2. The van der Waals surface area contributed by atoms with E-state index >= 15 is 0 Å². The number of carbonyl (C=O) groups is 1. The lowest BCUT2D eigenvalue weighted by Crippen LogP contribution is -2.01. The number of nitrogens with zero attached hydrogens (tertiary/aromatic N) is 1. The molecule has 0 aliphatic heterocycles. The summed E-state index contributed by atoms with van der Waals surface area (Å²) >= 11 is 0. The van der Waals surface area contributed by atoms with Crippen LogP contribution < -0.4 is 0 Å². The van der Waals surface area contributed by atoms with E-state index in [1.165, 1.54) is 0 Å². The number of aromatic amines is 1. The van der Waals surface area contributed by atoms with Crippen LogP contribution in [0.15, 0.2) is 54.8 Å². The van der Waals surface area contributed by atoms with Crippen molar-refractivity contribution < 1.29 is 4.79 Å². The Bertz CT molecular complexity index is 621. The highest BCUT2D eigenvalue weighted by molar-refractivity contribution is 6.07. The second kappa shape index (κ2) is 5.96. The zero-order valence-corrected chi connectivity index (χ0v) is 11.1. The molecule has 0 saturated carbocycles. The highest BCUT2D eigenvalue weighted by Gasteiger charge is 2.12. The first kappa shape index (κ1) is 13.0. The minimum Gasteiger partial charge on any atom is -0.335 e. The molecule has 0 radical (unpaired) electrons. The molecule has 1 aromatic carbocycles. The first-order valence-corrected chi connectivity index (χ1v) is 6.20. The molecular formula is C16H16N2O. The highest BCUT2D eigenvalue weighted by Crippen LogP contribution is 2.14. The van der Waals surface area contributed by atoms with Gasteiger partial charge in [0, 0.05) is 11.1 Å². The molecule has 0 aliphatic carbocycles. The summed E-state index contributed by atoms with van der Waals surface area (Å²) in [6.07, 6.45) is 7.43. The topological polar surface area (TPSA) is 45.8 Å². The Hall–Kier alpha value is -2.42. The molecule has 0 fully saturated rings. The van der Waals surface area contributed by atoms with Gasteiger partial charge in [-0.15, -0.1) is 0 Å². The summed E-state index contributed by atoms with van der Waals surface area (Å²) in [5.74, 6) is 0.662. The predicted molar refractivity (Wildman–Crippen MR) is 76.9 cm³/mol. The second-order valence-corrected chi connectivity index (χ2v) is 4.08. The Morgan fingerprint density at radius 3 is 2.58 bits per heavy atom. The molecule has 3 heteroatoms. The van der Waals surface area contributed by atoms with Crippen molar-refractivity contribution in [3.63, 3.8) is 0 Å². The fraction of sp³-hybridized carbons (Fsp3) is 0.125. The number of carbonyl (C=O) groups excluding carboxylic acids is 1. The van der Waals surface area contributed by atoms with Crippen molar-refractivity contribution in [3.8, 4) is 0 Å². The van der Waals surface area contributed by atoms with Gasteiger partial charge in [0.1, 0.15) is 11.5 Å². The molecule has 0 atom stereocenters. The molecule has 2 rings (SSSR count). The van der Waals surface area contributed by atoms with Crippen molar-refractivity contribution in [3.05, 3.63) is 71.8 Å². The Kier molecular flexibility index (Phi) is 4.08. The lowest BCUT2D eigenvalue weighted by atomic mass is 10.1. The maximum Gasteiger partial charge on any atom is 0.210 e. The van der Waals surface area contributed by atoms with Crippen molar-refractivity contribution in [1.29, 1.82) is 0 Å². The Morgan fingerprint density at radius 2 is 1.95 bits per heavy atom. The van der Waals surface area contributed by atoms with Gasteiger partial charge in [-0.05, 0) is 13.8 Å². The van der Waals surface area contributed by atoms with E-state index in [1.807, 2.05) is 50.3 Å². The van der Waals surface area contributed by atoms with E-state index in [-0.39, 0.29) is 5.78 Å². The number of allylic oxidation sites excluding steroid dienone is 4. The normalized spacial score (nSPS) is 12.0. The summed E-state index contributed by atoms with van der Waals surface area (Å²) in [5, 5.41) is 0. The van der Waals surface area contributed by atoms with Crippen molar-refractivity contribution in [1.82, 2.24) is 9.97 Å². The standard InChI is InChI=1S/C16H16N2O/c1-3-8-12(4-2)16-17-11-14(18-16)15(19)13-9-6-5-7-10-13/h3-11H,1-2H3,(H,17,18)/b8-3-,12-4+. The van der Waals surface area contributed by atoms with Crippen LogP contribution in [0.3, 0.4) is 0 Å². The van der Waals surface area contributed by atoms with E-state index < -0.39 is 0 Å². The number of H-pyrrole nitrogens is 1. The summed E-state index contributed by atoms with van der Waals surface area (Å²) in [7, 11) is 0. The minimum atomic E-state index is -0.0460. The molecular weight excluding hydrogens is 236 g/mol. The molecule has 96 valence electrons. The molecule has 1 N–H and O–H groups in total. The van der Waals surface area contributed by atoms with Crippen molar-refractivity contribution in [2.45, 2.75) is 13.8 Å². The van der Waals surface area contributed by atoms with E-state index in [4.69, 9.17) is 0 Å². The third-order valence-electron chi connectivity index (χ3n) is 2.79. The number of imidazole rings is 1. The minimum absolute atomic E-state index is 0.0460. The van der Waals surface area contributed by atoms with Gasteiger partial charge in [0.25, 0.3) is 0 Å². The average Bonchev–Trinajstić information content (AvgIpc) is 2.94. The van der Waals surface area contributed by atoms with E-state index in [0.717, 1.165) is 5.57 Å². The molecule has 3 nitrogen and oxygen atoms in total. The summed E-state index contributed by atoms with van der Waals surface area (Å²) in [6.45, 7) is 3.89. The van der Waals surface area contributed by atoms with E-state index in [9.17, 15) is 4.79 Å². The Morgan fingerprint density at radius 1 is 1.21 bits per heavy atom. The lowest BCUT2D eigenvalue weighted by Gasteiger charge is -1.98. The summed E-state index contributed by atoms with van der Waals surface area (Å²) < 4.78 is 0. The first-order chi connectivity index (χ1) is 9.26. The number of ketones is 1. The van der Waals surface area contributed by atoms with Crippen molar-refractivity contribution >= 4 is 11.4 Å². The fourth-order valence-electron chi connectivity index (χ4n) is 1.82. The van der Waals surface area contributed by atoms with Gasteiger partial charge in [-0.1, -0.05) is 48.6 Å². The zero-order valence-electron chi connectivity index (χ0n) is 11.1. The van der Waals surface area contributed by atoms with Gasteiger partial charge in [0.05, 0.1) is 6.20 Å². The number of benzene rings is 1. The first-order valence-electron chi connectivity index (χ1n) is 6.20. The van der Waals surface area contributed by atoms with Gasteiger partial charge in [-0.2, -0.15) is 0 Å². The van der Waals surface area contributed by atoms with Crippen LogP contribution in [0.4, 0.5) is 0 Å².